The number of alkyl halides is 1. The van der Waals surface area contributed by atoms with Crippen LogP contribution in [0.3, 0.4) is 0 Å². The molecule has 144 valence electrons. The Morgan fingerprint density at radius 3 is 2.18 bits per heavy atom. The number of hydrogen-bond acceptors (Lipinski definition) is 3. The molecule has 5 unspecified atom stereocenters. The second kappa shape index (κ2) is 9.07. The van der Waals surface area contributed by atoms with Gasteiger partial charge in [0.2, 0.25) is 0 Å². The summed E-state index contributed by atoms with van der Waals surface area (Å²) in [5.41, 5.74) is 7.98. The number of hydrogen-bond donors (Lipinski definition) is 1. The van der Waals surface area contributed by atoms with Crippen LogP contribution in [0.25, 0.3) is 0 Å². The zero-order valence-electron chi connectivity index (χ0n) is 15.8. The van der Waals surface area contributed by atoms with E-state index in [0.717, 1.165) is 17.5 Å². The van der Waals surface area contributed by atoms with E-state index in [1.807, 2.05) is 55.5 Å². The Morgan fingerprint density at radius 1 is 1.07 bits per heavy atom. The molecule has 0 amide bonds. The molecule has 5 atom stereocenters. The summed E-state index contributed by atoms with van der Waals surface area (Å²) in [5.74, 6) is 6.59. The molecule has 1 aliphatic rings. The van der Waals surface area contributed by atoms with Crippen molar-refractivity contribution in [1.29, 1.82) is 0 Å². The van der Waals surface area contributed by atoms with E-state index in [4.69, 9.17) is 39.7 Å². The van der Waals surface area contributed by atoms with Crippen molar-refractivity contribution in [3.63, 3.8) is 0 Å². The van der Waals surface area contributed by atoms with E-state index >= 15 is 0 Å². The molecule has 0 aromatic heterocycles. The highest BCUT2D eigenvalue weighted by Crippen LogP contribution is 2.38. The van der Waals surface area contributed by atoms with Gasteiger partial charge in [0.15, 0.2) is 0 Å². The van der Waals surface area contributed by atoms with Gasteiger partial charge in [0.25, 0.3) is 0 Å². The van der Waals surface area contributed by atoms with E-state index in [2.05, 4.69) is 11.8 Å². The Kier molecular flexibility index (Phi) is 6.53. The van der Waals surface area contributed by atoms with Gasteiger partial charge in [-0.25, -0.2) is 0 Å². The molecule has 1 aliphatic carbocycles. The van der Waals surface area contributed by atoms with Crippen LogP contribution in [0.1, 0.15) is 30.9 Å². The van der Waals surface area contributed by atoms with Crippen LogP contribution in [-0.4, -0.2) is 23.6 Å². The lowest BCUT2D eigenvalue weighted by Crippen LogP contribution is -2.42. The van der Waals surface area contributed by atoms with Gasteiger partial charge in [-0.3, -0.25) is 0 Å². The second-order valence-corrected chi connectivity index (χ2v) is 7.54. The Bertz CT molecular complexity index is 898. The number of terminal acetylenes is 2. The monoisotopic (exact) mass is 393 g/mol. The third kappa shape index (κ3) is 4.45. The highest BCUT2D eigenvalue weighted by atomic mass is 35.5. The molecule has 0 radical (unpaired) electrons. The third-order valence-corrected chi connectivity index (χ3v) is 5.70. The zero-order valence-corrected chi connectivity index (χ0v) is 16.6. The lowest BCUT2D eigenvalue weighted by atomic mass is 9.96. The predicted octanol–water partition coefficient (Wildman–Crippen LogP) is 4.21. The Labute approximate surface area is 172 Å². The van der Waals surface area contributed by atoms with Crippen LogP contribution < -0.4 is 15.2 Å². The van der Waals surface area contributed by atoms with Gasteiger partial charge in [-0.1, -0.05) is 30.9 Å². The molecule has 2 aromatic carbocycles. The van der Waals surface area contributed by atoms with Crippen LogP contribution in [-0.2, 0) is 0 Å². The van der Waals surface area contributed by atoms with E-state index in [1.165, 1.54) is 0 Å². The van der Waals surface area contributed by atoms with E-state index in [-0.39, 0.29) is 29.5 Å². The van der Waals surface area contributed by atoms with Crippen molar-refractivity contribution >= 4 is 11.6 Å². The number of rotatable bonds is 6. The Hall–Kier alpha value is -2.59. The minimum Gasteiger partial charge on any atom is -0.490 e. The Balaban J connectivity index is 1.83. The molecule has 1 saturated carbocycles. The molecule has 0 spiro atoms. The van der Waals surface area contributed by atoms with Gasteiger partial charge in [-0.15, -0.1) is 24.4 Å². The topological polar surface area (TPSA) is 44.5 Å². The minimum absolute atomic E-state index is 0.0642. The number of benzene rings is 2. The van der Waals surface area contributed by atoms with Crippen LogP contribution in [0.2, 0.25) is 0 Å². The molecule has 1 fully saturated rings. The van der Waals surface area contributed by atoms with E-state index < -0.39 is 0 Å². The molecule has 0 saturated heterocycles. The average Bonchev–Trinajstić information content (AvgIpc) is 3.02. The number of halogens is 1. The lowest BCUT2D eigenvalue weighted by Gasteiger charge is -2.30. The van der Waals surface area contributed by atoms with Crippen molar-refractivity contribution in [2.24, 2.45) is 11.7 Å². The first-order chi connectivity index (χ1) is 13.5. The molecule has 4 heteroatoms. The first-order valence-electron chi connectivity index (χ1n) is 9.42. The summed E-state index contributed by atoms with van der Waals surface area (Å²) in [7, 11) is 0. The van der Waals surface area contributed by atoms with Crippen molar-refractivity contribution in [2.45, 2.75) is 43.4 Å². The lowest BCUT2D eigenvalue weighted by molar-refractivity contribution is 0.0860. The largest absolute Gasteiger partial charge is 0.490 e. The van der Waals surface area contributed by atoms with Gasteiger partial charge in [0.05, 0.1) is 5.92 Å². The van der Waals surface area contributed by atoms with Gasteiger partial charge in [-0.05, 0) is 42.8 Å². The van der Waals surface area contributed by atoms with Crippen molar-refractivity contribution in [1.82, 2.24) is 0 Å². The normalized spacial score (nSPS) is 24.8. The summed E-state index contributed by atoms with van der Waals surface area (Å²) in [6.07, 6.45) is 12.0. The smallest absolute Gasteiger partial charge is 0.122 e. The van der Waals surface area contributed by atoms with Gasteiger partial charge < -0.3 is 15.2 Å². The van der Waals surface area contributed by atoms with Crippen LogP contribution in [0.4, 0.5) is 0 Å². The maximum Gasteiger partial charge on any atom is 0.122 e. The van der Waals surface area contributed by atoms with Gasteiger partial charge in [0, 0.05) is 29.0 Å². The molecular weight excluding hydrogens is 370 g/mol. The molecule has 0 bridgehead atoms. The van der Waals surface area contributed by atoms with Gasteiger partial charge >= 0.3 is 0 Å². The summed E-state index contributed by atoms with van der Waals surface area (Å²) in [6.45, 7) is 2.05. The van der Waals surface area contributed by atoms with E-state index in [0.29, 0.717) is 17.9 Å². The number of nitrogens with two attached hydrogens (primary N) is 1. The van der Waals surface area contributed by atoms with Gasteiger partial charge in [-0.2, -0.15) is 0 Å². The standard InChI is InChI=1S/C24H24ClNO2/c1-4-16-9-7-11-18(13-16)27-22-15-21(26)24(23(22)20(25)6-3)28-19-12-8-10-17(5-2)14-19/h1-2,7-14,20-24H,6,15,26H2,3H3. The highest BCUT2D eigenvalue weighted by molar-refractivity contribution is 6.20. The molecule has 0 aliphatic heterocycles. The first-order valence-corrected chi connectivity index (χ1v) is 9.85. The molecule has 0 heterocycles. The molecule has 3 rings (SSSR count). The highest BCUT2D eigenvalue weighted by Gasteiger charge is 2.47. The quantitative estimate of drug-likeness (QED) is 0.590. The first kappa shape index (κ1) is 20.2. The van der Waals surface area contributed by atoms with E-state index in [1.54, 1.807) is 0 Å². The van der Waals surface area contributed by atoms with Crippen molar-refractivity contribution in [2.75, 3.05) is 0 Å². The minimum atomic E-state index is -0.267. The molecule has 28 heavy (non-hydrogen) atoms. The molecule has 3 nitrogen and oxygen atoms in total. The van der Waals surface area contributed by atoms with Crippen molar-refractivity contribution in [3.05, 3.63) is 59.7 Å². The summed E-state index contributed by atoms with van der Waals surface area (Å²) in [6, 6.07) is 14.7. The summed E-state index contributed by atoms with van der Waals surface area (Å²) in [5, 5.41) is -0.129. The molecular formula is C24H24ClNO2. The fraction of sp³-hybridized carbons (Fsp3) is 0.333. The van der Waals surface area contributed by atoms with Gasteiger partial charge in [0.1, 0.15) is 23.7 Å². The van der Waals surface area contributed by atoms with Crippen molar-refractivity contribution < 1.29 is 9.47 Å². The second-order valence-electron chi connectivity index (χ2n) is 6.98. The van der Waals surface area contributed by atoms with Crippen LogP contribution in [0, 0.1) is 30.6 Å². The van der Waals surface area contributed by atoms with Crippen LogP contribution >= 0.6 is 11.6 Å². The summed E-state index contributed by atoms with van der Waals surface area (Å²) >= 11 is 6.70. The fourth-order valence-corrected chi connectivity index (χ4v) is 4.02. The maximum absolute atomic E-state index is 6.70. The van der Waals surface area contributed by atoms with E-state index in [9.17, 15) is 0 Å². The summed E-state index contributed by atoms with van der Waals surface area (Å²) < 4.78 is 12.5. The zero-order chi connectivity index (χ0) is 20.1. The summed E-state index contributed by atoms with van der Waals surface area (Å²) in [4.78, 5) is 0. The van der Waals surface area contributed by atoms with Crippen LogP contribution in [0.5, 0.6) is 11.5 Å². The molecule has 2 N–H and O–H groups in total. The molecule has 2 aromatic rings. The SMILES string of the molecule is C#Cc1cccc(OC2CC(N)C(Oc3cccc(C#C)c3)C2C(Cl)CC)c1. The van der Waals surface area contributed by atoms with Crippen LogP contribution in [0.15, 0.2) is 48.5 Å². The fourth-order valence-electron chi connectivity index (χ4n) is 3.71. The third-order valence-electron chi connectivity index (χ3n) is 5.10. The Morgan fingerprint density at radius 2 is 1.64 bits per heavy atom. The predicted molar refractivity (Wildman–Crippen MR) is 114 cm³/mol. The number of ether oxygens (including phenoxy) is 2. The van der Waals surface area contributed by atoms with Crippen molar-refractivity contribution in [3.8, 4) is 36.2 Å². The maximum atomic E-state index is 6.70. The average molecular weight is 394 g/mol.